The van der Waals surface area contributed by atoms with E-state index < -0.39 is 101 Å². The predicted octanol–water partition coefficient (Wildman–Crippen LogP) is 0.110. The van der Waals surface area contributed by atoms with Crippen LogP contribution >= 0.6 is 125 Å². The highest BCUT2D eigenvalue weighted by molar-refractivity contribution is 14.1. The summed E-state index contributed by atoms with van der Waals surface area (Å²) in [6, 6.07) is -4.32. The van der Waals surface area contributed by atoms with Gasteiger partial charge in [0.1, 0.15) is 11.4 Å². The summed E-state index contributed by atoms with van der Waals surface area (Å²) in [6.45, 7) is -4.97. The number of benzene rings is 2. The number of nitrogens with one attached hydrogen (secondary N) is 4. The third kappa shape index (κ3) is 11.5. The van der Waals surface area contributed by atoms with E-state index in [0.29, 0.717) is 0 Å². The van der Waals surface area contributed by atoms with E-state index in [9.17, 15) is 60.0 Å². The van der Waals surface area contributed by atoms with Gasteiger partial charge in [0.15, 0.2) is 0 Å². The van der Waals surface area contributed by atoms with Crippen LogP contribution in [0.25, 0.3) is 0 Å². The standard InChI is InChI=1S/C28H32ClI5N6O12/c29-17-13(25(49)35-9(1-41)2-42)18(30)14(26(50)36-10(3-43)4-44)20(32)23(17)39-40-24-21(33)15(27(51)37-11(5-45)6-46)19(31)16(22(24)34)28(52)38-12(7-47)8-48/h9-12,41-48H,1-8H2,(H,35,49)(H,36,50)(H,37,51)(H,38,52). The Bertz CT molecular complexity index is 1450. The van der Waals surface area contributed by atoms with Crippen LogP contribution in [0.3, 0.4) is 0 Å². The molecule has 12 N–H and O–H groups in total. The minimum atomic E-state index is -1.11. The summed E-state index contributed by atoms with van der Waals surface area (Å²) in [5.41, 5.74) is -1.00. The van der Waals surface area contributed by atoms with Gasteiger partial charge in [-0.2, -0.15) is 0 Å². The number of nitrogens with zero attached hydrogens (tertiary/aromatic N) is 2. The lowest BCUT2D eigenvalue weighted by Gasteiger charge is -2.21. The predicted molar refractivity (Wildman–Crippen MR) is 227 cm³/mol. The van der Waals surface area contributed by atoms with Crippen molar-refractivity contribution in [3.63, 3.8) is 0 Å². The van der Waals surface area contributed by atoms with Crippen LogP contribution in [0, 0.1) is 17.9 Å². The zero-order valence-electron chi connectivity index (χ0n) is 26.3. The Hall–Kier alpha value is -0.460. The van der Waals surface area contributed by atoms with Gasteiger partial charge in [-0.1, -0.05) is 11.6 Å². The van der Waals surface area contributed by atoms with Gasteiger partial charge in [0, 0.05) is 7.14 Å². The maximum Gasteiger partial charge on any atom is 0.254 e. The van der Waals surface area contributed by atoms with Gasteiger partial charge in [0.2, 0.25) is 0 Å². The number of carbonyl (C=O) groups excluding carboxylic acids is 4. The van der Waals surface area contributed by atoms with Crippen LogP contribution in [-0.4, -0.2) is 142 Å². The van der Waals surface area contributed by atoms with Gasteiger partial charge >= 0.3 is 0 Å². The molecule has 0 unspecified atom stereocenters. The number of aliphatic hydroxyl groups excluding tert-OH is 8. The summed E-state index contributed by atoms with van der Waals surface area (Å²) in [4.78, 5) is 54.0. The minimum absolute atomic E-state index is 0.00573. The number of rotatable bonds is 18. The normalized spacial score (nSPS) is 11.7. The van der Waals surface area contributed by atoms with E-state index in [1.165, 1.54) is 0 Å². The van der Waals surface area contributed by atoms with Gasteiger partial charge in [0.25, 0.3) is 23.6 Å². The molecule has 0 aliphatic carbocycles. The van der Waals surface area contributed by atoms with E-state index in [0.717, 1.165) is 0 Å². The molecule has 0 radical (unpaired) electrons. The molecule has 0 bridgehead atoms. The number of amides is 4. The molecule has 288 valence electrons. The van der Waals surface area contributed by atoms with Crippen LogP contribution in [0.5, 0.6) is 0 Å². The summed E-state index contributed by atoms with van der Waals surface area (Å²) in [7, 11) is 0. The largest absolute Gasteiger partial charge is 0.394 e. The summed E-state index contributed by atoms with van der Waals surface area (Å²) >= 11 is 15.5. The fourth-order valence-corrected chi connectivity index (χ4v) is 11.4. The smallest absolute Gasteiger partial charge is 0.254 e. The lowest BCUT2D eigenvalue weighted by Crippen LogP contribution is -2.42. The highest BCUT2D eigenvalue weighted by atomic mass is 127. The Morgan fingerprint density at radius 2 is 0.673 bits per heavy atom. The first-order chi connectivity index (χ1) is 24.6. The van der Waals surface area contributed by atoms with Gasteiger partial charge in [-0.25, -0.2) is 0 Å². The minimum Gasteiger partial charge on any atom is -0.394 e. The van der Waals surface area contributed by atoms with E-state index in [4.69, 9.17) is 11.6 Å². The lowest BCUT2D eigenvalue weighted by atomic mass is 10.1. The van der Waals surface area contributed by atoms with Gasteiger partial charge < -0.3 is 62.1 Å². The molecule has 0 atom stereocenters. The summed E-state index contributed by atoms with van der Waals surface area (Å²) in [6.07, 6.45) is 0. The molecule has 2 rings (SSSR count). The molecule has 52 heavy (non-hydrogen) atoms. The van der Waals surface area contributed by atoms with E-state index in [1.807, 2.05) is 0 Å². The van der Waals surface area contributed by atoms with E-state index in [2.05, 4.69) is 31.5 Å². The molecular formula is C28H32ClI5N6O12. The highest BCUT2D eigenvalue weighted by Crippen LogP contribution is 2.43. The van der Waals surface area contributed by atoms with Crippen molar-refractivity contribution < 1.29 is 60.0 Å². The Balaban J connectivity index is 3.01. The first kappa shape index (κ1) is 47.7. The topological polar surface area (TPSA) is 303 Å². The summed E-state index contributed by atoms with van der Waals surface area (Å²) in [5.74, 6) is -3.37. The quantitative estimate of drug-likeness (QED) is 0.0700. The highest BCUT2D eigenvalue weighted by Gasteiger charge is 2.32. The van der Waals surface area contributed by atoms with Crippen molar-refractivity contribution >= 4 is 160 Å². The Labute approximate surface area is 369 Å². The molecule has 0 aromatic heterocycles. The molecule has 0 spiro atoms. The fraction of sp³-hybridized carbons (Fsp3) is 0.429. The molecule has 0 aliphatic rings. The molecule has 2 aromatic carbocycles. The number of halogens is 6. The van der Waals surface area contributed by atoms with Gasteiger partial charge in [-0.3, -0.25) is 19.2 Å². The molecule has 0 saturated carbocycles. The van der Waals surface area contributed by atoms with Gasteiger partial charge in [-0.05, 0) is 113 Å². The number of hydrogen-bond donors (Lipinski definition) is 12. The van der Waals surface area contributed by atoms with Crippen molar-refractivity contribution in [1.29, 1.82) is 0 Å². The average Bonchev–Trinajstić information content (AvgIpc) is 3.11. The average molecular weight is 1310 g/mol. The summed E-state index contributed by atoms with van der Waals surface area (Å²) in [5, 5.41) is 94.5. The molecular weight excluding hydrogens is 1280 g/mol. The van der Waals surface area contributed by atoms with Crippen LogP contribution in [0.15, 0.2) is 10.2 Å². The molecule has 18 nitrogen and oxygen atoms in total. The number of azo groups is 1. The Morgan fingerprint density at radius 3 is 0.962 bits per heavy atom. The summed E-state index contributed by atoms with van der Waals surface area (Å²) < 4.78 is 0.430. The molecule has 24 heteroatoms. The van der Waals surface area contributed by atoms with Crippen molar-refractivity contribution in [2.45, 2.75) is 24.2 Å². The van der Waals surface area contributed by atoms with Crippen LogP contribution in [-0.2, 0) is 0 Å². The van der Waals surface area contributed by atoms with Crippen molar-refractivity contribution in [1.82, 2.24) is 21.3 Å². The molecule has 2 aromatic rings. The maximum atomic E-state index is 13.5. The van der Waals surface area contributed by atoms with E-state index >= 15 is 0 Å². The fourth-order valence-electron chi connectivity index (χ4n) is 4.00. The molecule has 0 fully saturated rings. The van der Waals surface area contributed by atoms with Gasteiger partial charge in [-0.15, -0.1) is 10.2 Å². The second kappa shape index (κ2) is 22.9. The Morgan fingerprint density at radius 1 is 0.442 bits per heavy atom. The molecule has 4 amide bonds. The van der Waals surface area contributed by atoms with Crippen molar-refractivity contribution in [2.75, 3.05) is 52.9 Å². The zero-order chi connectivity index (χ0) is 39.4. The SMILES string of the molecule is O=C(NC(CO)CO)c1c(Cl)c(N=Nc2c(I)c(C(=O)NC(CO)CO)c(I)c(C(=O)NC(CO)CO)c2I)c(I)c(C(=O)NC(CO)CO)c1I. The third-order valence-corrected chi connectivity index (χ3v) is 12.5. The third-order valence-electron chi connectivity index (χ3n) is 6.85. The van der Waals surface area contributed by atoms with Crippen LogP contribution in [0.1, 0.15) is 41.4 Å². The Kier molecular flexibility index (Phi) is 21.0. The monoisotopic (exact) mass is 1310 g/mol. The van der Waals surface area contributed by atoms with Gasteiger partial charge in [0.05, 0.1) is 115 Å². The molecule has 0 aliphatic heterocycles. The number of carbonyl (C=O) groups is 4. The zero-order valence-corrected chi connectivity index (χ0v) is 37.9. The lowest BCUT2D eigenvalue weighted by molar-refractivity contribution is 0.0864. The first-order valence-corrected chi connectivity index (χ1v) is 20.3. The molecule has 0 heterocycles. The van der Waals surface area contributed by atoms with Crippen LogP contribution in [0.4, 0.5) is 11.4 Å². The molecule has 0 saturated heterocycles. The van der Waals surface area contributed by atoms with Crippen molar-refractivity contribution in [3.8, 4) is 0 Å². The van der Waals surface area contributed by atoms with E-state index in [1.54, 1.807) is 113 Å². The van der Waals surface area contributed by atoms with Crippen molar-refractivity contribution in [3.05, 3.63) is 45.1 Å². The number of hydrogen-bond acceptors (Lipinski definition) is 14. The second-order valence-electron chi connectivity index (χ2n) is 10.4. The van der Waals surface area contributed by atoms with Crippen molar-refractivity contribution in [2.24, 2.45) is 10.2 Å². The number of aliphatic hydroxyl groups is 8. The van der Waals surface area contributed by atoms with E-state index in [-0.39, 0.29) is 56.5 Å². The van der Waals surface area contributed by atoms with Crippen LogP contribution in [0.2, 0.25) is 5.02 Å². The first-order valence-electron chi connectivity index (χ1n) is 14.5. The maximum absolute atomic E-state index is 13.5. The van der Waals surface area contributed by atoms with Crippen LogP contribution < -0.4 is 21.3 Å². The second-order valence-corrected chi connectivity index (χ2v) is 16.2.